The van der Waals surface area contributed by atoms with E-state index in [0.29, 0.717) is 28.8 Å². The maximum atomic E-state index is 13.1. The molecule has 0 spiro atoms. The number of benzene rings is 2. The number of carbonyl (C=O) groups is 3. The number of anilines is 2. The van der Waals surface area contributed by atoms with Crippen molar-refractivity contribution >= 4 is 29.1 Å². The molecular weight excluding hydrogens is 426 g/mol. The summed E-state index contributed by atoms with van der Waals surface area (Å²) in [6.07, 6.45) is 0. The van der Waals surface area contributed by atoms with Crippen LogP contribution < -0.4 is 19.7 Å². The summed E-state index contributed by atoms with van der Waals surface area (Å²) in [6.45, 7) is 3.89. The third-order valence-corrected chi connectivity index (χ3v) is 5.65. The molecule has 172 valence electrons. The first-order valence-electron chi connectivity index (χ1n) is 10.5. The molecule has 1 N–H and O–H groups in total. The van der Waals surface area contributed by atoms with Gasteiger partial charge >= 0.3 is 0 Å². The normalized spacial score (nSPS) is 19.3. The smallest absolute Gasteiger partial charge is 0.263 e. The third kappa shape index (κ3) is 4.11. The van der Waals surface area contributed by atoms with Gasteiger partial charge < -0.3 is 14.8 Å². The Balaban J connectivity index is 1.46. The van der Waals surface area contributed by atoms with Gasteiger partial charge in [-0.1, -0.05) is 31.2 Å². The van der Waals surface area contributed by atoms with E-state index < -0.39 is 29.8 Å². The molecule has 10 heteroatoms. The molecule has 2 aliphatic heterocycles. The summed E-state index contributed by atoms with van der Waals surface area (Å²) in [5, 5.41) is 11.9. The van der Waals surface area contributed by atoms with Gasteiger partial charge in [0.2, 0.25) is 5.91 Å². The van der Waals surface area contributed by atoms with Crippen molar-refractivity contribution in [3.63, 3.8) is 0 Å². The maximum Gasteiger partial charge on any atom is 0.263 e. The number of nitrogens with zero attached hydrogens (tertiary/aromatic N) is 4. The average molecular weight is 451 g/mol. The first-order valence-corrected chi connectivity index (χ1v) is 10.5. The highest BCUT2D eigenvalue weighted by Gasteiger charge is 2.55. The van der Waals surface area contributed by atoms with Crippen LogP contribution in [0.5, 0.6) is 11.5 Å². The largest absolute Gasteiger partial charge is 0.493 e. The van der Waals surface area contributed by atoms with Gasteiger partial charge in [-0.2, -0.15) is 5.11 Å². The molecule has 1 saturated heterocycles. The average Bonchev–Trinajstić information content (AvgIpc) is 3.32. The summed E-state index contributed by atoms with van der Waals surface area (Å²) in [6, 6.07) is 10.3. The second kappa shape index (κ2) is 8.89. The Morgan fingerprint density at radius 1 is 1.03 bits per heavy atom. The molecule has 2 aliphatic rings. The van der Waals surface area contributed by atoms with Crippen molar-refractivity contribution in [2.24, 2.45) is 10.3 Å². The molecule has 3 amide bonds. The van der Waals surface area contributed by atoms with Gasteiger partial charge in [0.25, 0.3) is 11.8 Å². The Morgan fingerprint density at radius 2 is 1.73 bits per heavy atom. The van der Waals surface area contributed by atoms with Crippen LogP contribution in [0.25, 0.3) is 0 Å². The predicted molar refractivity (Wildman–Crippen MR) is 120 cm³/mol. The Labute approximate surface area is 191 Å². The van der Waals surface area contributed by atoms with Gasteiger partial charge in [-0.3, -0.25) is 19.4 Å². The highest BCUT2D eigenvalue weighted by Crippen LogP contribution is 2.33. The van der Waals surface area contributed by atoms with Crippen molar-refractivity contribution < 1.29 is 23.9 Å². The predicted octanol–water partition coefficient (Wildman–Crippen LogP) is 2.76. The third-order valence-electron chi connectivity index (χ3n) is 5.65. The molecule has 0 unspecified atom stereocenters. The van der Waals surface area contributed by atoms with Crippen molar-refractivity contribution in [2.75, 3.05) is 31.0 Å². The lowest BCUT2D eigenvalue weighted by Gasteiger charge is -2.20. The van der Waals surface area contributed by atoms with E-state index in [9.17, 15) is 14.4 Å². The van der Waals surface area contributed by atoms with Crippen LogP contribution in [0.1, 0.15) is 25.3 Å². The van der Waals surface area contributed by atoms with Gasteiger partial charge in [0.1, 0.15) is 6.54 Å². The lowest BCUT2D eigenvalue weighted by atomic mass is 10.0. The topological polar surface area (TPSA) is 113 Å². The maximum absolute atomic E-state index is 13.1. The molecule has 2 atom stereocenters. The van der Waals surface area contributed by atoms with Gasteiger partial charge in [-0.15, -0.1) is 0 Å². The fourth-order valence-electron chi connectivity index (χ4n) is 3.88. The molecule has 0 saturated carbocycles. The number of carbonyl (C=O) groups excluding carboxylic acids is 3. The first kappa shape index (κ1) is 22.3. The molecule has 2 aromatic carbocycles. The van der Waals surface area contributed by atoms with E-state index >= 15 is 0 Å². The minimum absolute atomic E-state index is 0.238. The highest BCUT2D eigenvalue weighted by molar-refractivity contribution is 6.25. The number of hydrogen-bond acceptors (Lipinski definition) is 8. The quantitative estimate of drug-likeness (QED) is 0.648. The van der Waals surface area contributed by atoms with E-state index in [1.165, 1.54) is 19.2 Å². The number of hydrogen-bond donors (Lipinski definition) is 1. The molecule has 33 heavy (non-hydrogen) atoms. The number of fused-ring (bicyclic) bond motifs is 1. The zero-order chi connectivity index (χ0) is 23.7. The van der Waals surface area contributed by atoms with Crippen LogP contribution in [0.3, 0.4) is 0 Å². The Kier molecular flexibility index (Phi) is 5.99. The summed E-state index contributed by atoms with van der Waals surface area (Å²) >= 11 is 0. The highest BCUT2D eigenvalue weighted by atomic mass is 16.5. The molecule has 2 heterocycles. The standard InChI is InChI=1S/C23H25N5O5/c1-13(2)14-5-8-16(9-6-14)28-22(30)20-21(23(28)31)27(26-25-20)12-19(29)24-15-7-10-17(32-3)18(11-15)33-4/h5-11,13,20-21H,12H2,1-4H3,(H,24,29)/t20-,21+/m1/s1. The summed E-state index contributed by atoms with van der Waals surface area (Å²) < 4.78 is 10.4. The van der Waals surface area contributed by atoms with E-state index in [4.69, 9.17) is 9.47 Å². The van der Waals surface area contributed by atoms with Crippen molar-refractivity contribution in [1.82, 2.24) is 5.01 Å². The van der Waals surface area contributed by atoms with E-state index in [-0.39, 0.29) is 6.54 Å². The van der Waals surface area contributed by atoms with Gasteiger partial charge in [0, 0.05) is 11.8 Å². The molecule has 10 nitrogen and oxygen atoms in total. The minimum Gasteiger partial charge on any atom is -0.493 e. The molecule has 0 radical (unpaired) electrons. The Hall–Kier alpha value is -3.95. The zero-order valence-corrected chi connectivity index (χ0v) is 18.8. The number of methoxy groups -OCH3 is 2. The summed E-state index contributed by atoms with van der Waals surface area (Å²) in [4.78, 5) is 39.7. The van der Waals surface area contributed by atoms with Gasteiger partial charge in [-0.25, -0.2) is 4.90 Å². The second-order valence-electron chi connectivity index (χ2n) is 8.07. The molecule has 0 aromatic heterocycles. The van der Waals surface area contributed by atoms with Crippen LogP contribution in [-0.2, 0) is 14.4 Å². The van der Waals surface area contributed by atoms with E-state index in [0.717, 1.165) is 10.5 Å². The first-order chi connectivity index (χ1) is 15.8. The van der Waals surface area contributed by atoms with Gasteiger partial charge in [-0.05, 0) is 35.7 Å². The van der Waals surface area contributed by atoms with Crippen molar-refractivity contribution in [2.45, 2.75) is 31.8 Å². The SMILES string of the molecule is COc1ccc(NC(=O)CN2N=N[C@H]3C(=O)N(c4ccc(C(C)C)cc4)C(=O)[C@H]32)cc1OC. The Morgan fingerprint density at radius 3 is 2.36 bits per heavy atom. The molecule has 0 bridgehead atoms. The molecule has 1 fully saturated rings. The molecule has 0 aliphatic carbocycles. The summed E-state index contributed by atoms with van der Waals surface area (Å²) in [5.74, 6) is 0.00827. The van der Waals surface area contributed by atoms with Crippen molar-refractivity contribution in [1.29, 1.82) is 0 Å². The van der Waals surface area contributed by atoms with E-state index in [2.05, 4.69) is 29.5 Å². The number of imide groups is 1. The number of ether oxygens (including phenoxy) is 2. The zero-order valence-electron chi connectivity index (χ0n) is 18.8. The number of rotatable bonds is 7. The van der Waals surface area contributed by atoms with Crippen LogP contribution >= 0.6 is 0 Å². The lowest BCUT2D eigenvalue weighted by Crippen LogP contribution is -2.43. The summed E-state index contributed by atoms with van der Waals surface area (Å²) in [5.41, 5.74) is 2.07. The second-order valence-corrected chi connectivity index (χ2v) is 8.07. The number of nitrogens with one attached hydrogen (secondary N) is 1. The number of amides is 3. The summed E-state index contributed by atoms with van der Waals surface area (Å²) in [7, 11) is 3.02. The lowest BCUT2D eigenvalue weighted by molar-refractivity contribution is -0.123. The van der Waals surface area contributed by atoms with Crippen LogP contribution in [0.4, 0.5) is 11.4 Å². The van der Waals surface area contributed by atoms with Crippen LogP contribution in [-0.4, -0.2) is 55.6 Å². The van der Waals surface area contributed by atoms with Crippen molar-refractivity contribution in [3.8, 4) is 11.5 Å². The monoisotopic (exact) mass is 451 g/mol. The molecular formula is C23H25N5O5. The van der Waals surface area contributed by atoms with Gasteiger partial charge in [0.15, 0.2) is 23.6 Å². The molecule has 2 aromatic rings. The van der Waals surface area contributed by atoms with Crippen LogP contribution in [0, 0.1) is 0 Å². The van der Waals surface area contributed by atoms with Crippen molar-refractivity contribution in [3.05, 3.63) is 48.0 Å². The van der Waals surface area contributed by atoms with E-state index in [1.54, 1.807) is 30.3 Å². The van der Waals surface area contributed by atoms with Crippen LogP contribution in [0.2, 0.25) is 0 Å². The fourth-order valence-corrected chi connectivity index (χ4v) is 3.88. The minimum atomic E-state index is -0.962. The molecule has 4 rings (SSSR count). The van der Waals surface area contributed by atoms with E-state index in [1.807, 2.05) is 12.1 Å². The van der Waals surface area contributed by atoms with Gasteiger partial charge in [0.05, 0.1) is 19.9 Å². The van der Waals surface area contributed by atoms with Crippen LogP contribution in [0.15, 0.2) is 52.8 Å². The Bertz CT molecular complexity index is 1110. The fraction of sp³-hybridized carbons (Fsp3) is 0.348.